The Morgan fingerprint density at radius 3 is 2.28 bits per heavy atom. The van der Waals surface area contributed by atoms with Gasteiger partial charge in [0.05, 0.1) is 20.1 Å². The predicted molar refractivity (Wildman–Crippen MR) is 93.0 cm³/mol. The van der Waals surface area contributed by atoms with Gasteiger partial charge in [-0.15, -0.1) is 0 Å². The van der Waals surface area contributed by atoms with Crippen LogP contribution in [0.3, 0.4) is 0 Å². The van der Waals surface area contributed by atoms with Gasteiger partial charge in [-0.05, 0) is 23.3 Å². The van der Waals surface area contributed by atoms with E-state index in [-0.39, 0.29) is 6.42 Å². The molecular weight excluding hydrogens is 322 g/mol. The summed E-state index contributed by atoms with van der Waals surface area (Å²) in [7, 11) is 2.52. The number of carbonyl (C=O) groups excluding carboxylic acids is 3. The van der Waals surface area contributed by atoms with E-state index in [0.29, 0.717) is 5.56 Å². The average Bonchev–Trinajstić information content (AvgIpc) is 2.65. The van der Waals surface area contributed by atoms with E-state index in [0.717, 1.165) is 10.8 Å². The van der Waals surface area contributed by atoms with Crippen LogP contribution in [0.25, 0.3) is 10.8 Å². The number of fused-ring (bicyclic) bond motifs is 1. The summed E-state index contributed by atoms with van der Waals surface area (Å²) >= 11 is 0. The molecule has 0 aromatic heterocycles. The Kier molecular flexibility index (Phi) is 6.11. The third-order valence-corrected chi connectivity index (χ3v) is 4.02. The molecule has 6 nitrogen and oxygen atoms in total. The number of rotatable bonds is 6. The fourth-order valence-corrected chi connectivity index (χ4v) is 2.67. The zero-order valence-corrected chi connectivity index (χ0v) is 14.4. The molecule has 132 valence electrons. The molecule has 1 N–H and O–H groups in total. The lowest BCUT2D eigenvalue weighted by Crippen LogP contribution is -2.43. The van der Waals surface area contributed by atoms with Crippen molar-refractivity contribution in [2.45, 2.75) is 19.4 Å². The molecule has 0 radical (unpaired) electrons. The van der Waals surface area contributed by atoms with Crippen molar-refractivity contribution in [3.05, 3.63) is 48.0 Å². The smallest absolute Gasteiger partial charge is 0.328 e. The molecule has 0 heterocycles. The summed E-state index contributed by atoms with van der Waals surface area (Å²) in [5, 5.41) is 4.37. The number of carbonyl (C=O) groups is 3. The Morgan fingerprint density at radius 2 is 1.60 bits per heavy atom. The van der Waals surface area contributed by atoms with Crippen LogP contribution >= 0.6 is 0 Å². The van der Waals surface area contributed by atoms with Crippen molar-refractivity contribution in [1.29, 1.82) is 0 Å². The molecule has 0 saturated carbocycles. The fourth-order valence-electron chi connectivity index (χ4n) is 2.67. The third-order valence-electron chi connectivity index (χ3n) is 4.02. The normalized spacial score (nSPS) is 12.9. The molecule has 6 heteroatoms. The maximum absolute atomic E-state index is 12.7. The first-order valence-electron chi connectivity index (χ1n) is 7.92. The summed E-state index contributed by atoms with van der Waals surface area (Å²) < 4.78 is 9.41. The molecule has 2 aromatic carbocycles. The minimum Gasteiger partial charge on any atom is -0.469 e. The van der Waals surface area contributed by atoms with Gasteiger partial charge in [0.2, 0.25) is 0 Å². The van der Waals surface area contributed by atoms with Crippen LogP contribution in [0.1, 0.15) is 23.7 Å². The van der Waals surface area contributed by atoms with E-state index in [2.05, 4.69) is 10.1 Å². The van der Waals surface area contributed by atoms with Gasteiger partial charge in [-0.25, -0.2) is 4.79 Å². The number of esters is 2. The van der Waals surface area contributed by atoms with Crippen LogP contribution in [0.2, 0.25) is 0 Å². The molecule has 0 spiro atoms. The van der Waals surface area contributed by atoms with E-state index in [1.165, 1.54) is 14.2 Å². The number of benzene rings is 2. The van der Waals surface area contributed by atoms with Crippen molar-refractivity contribution in [1.82, 2.24) is 5.32 Å². The minimum atomic E-state index is -0.939. The Bertz CT molecular complexity index is 781. The molecule has 0 aliphatic carbocycles. The van der Waals surface area contributed by atoms with Gasteiger partial charge in [0.1, 0.15) is 6.04 Å². The summed E-state index contributed by atoms with van der Waals surface area (Å²) in [6.45, 7) is 1.63. The van der Waals surface area contributed by atoms with Gasteiger partial charge in [0.15, 0.2) is 0 Å². The molecule has 0 bridgehead atoms. The van der Waals surface area contributed by atoms with Crippen molar-refractivity contribution in [2.24, 2.45) is 5.92 Å². The number of amides is 1. The van der Waals surface area contributed by atoms with Crippen LogP contribution < -0.4 is 5.32 Å². The highest BCUT2D eigenvalue weighted by molar-refractivity contribution is 6.08. The van der Waals surface area contributed by atoms with Gasteiger partial charge >= 0.3 is 11.9 Å². The van der Waals surface area contributed by atoms with Crippen molar-refractivity contribution >= 4 is 28.6 Å². The Morgan fingerprint density at radius 1 is 0.960 bits per heavy atom. The van der Waals surface area contributed by atoms with Gasteiger partial charge in [-0.3, -0.25) is 9.59 Å². The van der Waals surface area contributed by atoms with E-state index in [4.69, 9.17) is 4.74 Å². The van der Waals surface area contributed by atoms with Crippen LogP contribution in [0.4, 0.5) is 0 Å². The van der Waals surface area contributed by atoms with Gasteiger partial charge in [0, 0.05) is 5.56 Å². The summed E-state index contributed by atoms with van der Waals surface area (Å²) in [5.41, 5.74) is 0.456. The van der Waals surface area contributed by atoms with E-state index in [1.54, 1.807) is 19.1 Å². The molecule has 2 atom stereocenters. The maximum Gasteiger partial charge on any atom is 0.328 e. The molecule has 0 aliphatic rings. The van der Waals surface area contributed by atoms with E-state index in [1.807, 2.05) is 30.3 Å². The Labute approximate surface area is 146 Å². The quantitative estimate of drug-likeness (QED) is 0.814. The standard InChI is InChI=1S/C19H21NO5/c1-12(18(22)24-2)11-16(19(23)25-3)20-17(21)15-10-6-8-13-7-4-5-9-14(13)15/h4-10,12,16H,11H2,1-3H3,(H,20,21)/t12-,16-/m1/s1. The molecule has 0 unspecified atom stereocenters. The first kappa shape index (κ1) is 18.4. The summed E-state index contributed by atoms with van der Waals surface area (Å²) in [5.74, 6) is -2.01. The Hall–Kier alpha value is -2.89. The molecule has 0 aliphatic heterocycles. The monoisotopic (exact) mass is 343 g/mol. The summed E-state index contributed by atoms with van der Waals surface area (Å²) in [6.07, 6.45) is 0.0931. The molecule has 2 rings (SSSR count). The fraction of sp³-hybridized carbons (Fsp3) is 0.316. The lowest BCUT2D eigenvalue weighted by atomic mass is 10.00. The number of hydrogen-bond donors (Lipinski definition) is 1. The lowest BCUT2D eigenvalue weighted by Gasteiger charge is -2.19. The first-order chi connectivity index (χ1) is 12.0. The SMILES string of the molecule is COC(=O)[C@H](C)C[C@@H](NC(=O)c1cccc2ccccc12)C(=O)OC. The molecule has 0 fully saturated rings. The van der Waals surface area contributed by atoms with Crippen LogP contribution in [0, 0.1) is 5.92 Å². The van der Waals surface area contributed by atoms with Gasteiger partial charge in [-0.2, -0.15) is 0 Å². The van der Waals surface area contributed by atoms with Crippen molar-refractivity contribution in [3.63, 3.8) is 0 Å². The highest BCUT2D eigenvalue weighted by Crippen LogP contribution is 2.19. The van der Waals surface area contributed by atoms with E-state index < -0.39 is 29.8 Å². The van der Waals surface area contributed by atoms with E-state index in [9.17, 15) is 14.4 Å². The van der Waals surface area contributed by atoms with Crippen LogP contribution in [0.15, 0.2) is 42.5 Å². The van der Waals surface area contributed by atoms with Crippen molar-refractivity contribution < 1.29 is 23.9 Å². The second-order valence-corrected chi connectivity index (χ2v) is 5.74. The zero-order valence-electron chi connectivity index (χ0n) is 14.4. The predicted octanol–water partition coefficient (Wildman–Crippen LogP) is 2.31. The second kappa shape index (κ2) is 8.28. The lowest BCUT2D eigenvalue weighted by molar-refractivity contribution is -0.147. The molecule has 1 amide bonds. The van der Waals surface area contributed by atoms with Crippen LogP contribution in [0.5, 0.6) is 0 Å². The largest absolute Gasteiger partial charge is 0.469 e. The van der Waals surface area contributed by atoms with Gasteiger partial charge in [-0.1, -0.05) is 43.3 Å². The van der Waals surface area contributed by atoms with Crippen molar-refractivity contribution in [2.75, 3.05) is 14.2 Å². The molecule has 25 heavy (non-hydrogen) atoms. The van der Waals surface area contributed by atoms with Crippen LogP contribution in [-0.4, -0.2) is 38.1 Å². The first-order valence-corrected chi connectivity index (χ1v) is 7.92. The topological polar surface area (TPSA) is 81.7 Å². The Balaban J connectivity index is 2.24. The van der Waals surface area contributed by atoms with Crippen molar-refractivity contribution in [3.8, 4) is 0 Å². The third kappa shape index (κ3) is 4.35. The number of hydrogen-bond acceptors (Lipinski definition) is 5. The van der Waals surface area contributed by atoms with Gasteiger partial charge in [0.25, 0.3) is 5.91 Å². The number of nitrogens with one attached hydrogen (secondary N) is 1. The molecular formula is C19H21NO5. The molecule has 2 aromatic rings. The van der Waals surface area contributed by atoms with Gasteiger partial charge < -0.3 is 14.8 Å². The minimum absolute atomic E-state index is 0.0931. The maximum atomic E-state index is 12.7. The highest BCUT2D eigenvalue weighted by atomic mass is 16.5. The summed E-state index contributed by atoms with van der Waals surface area (Å²) in [4.78, 5) is 36.3. The number of ether oxygens (including phenoxy) is 2. The van der Waals surface area contributed by atoms with E-state index >= 15 is 0 Å². The highest BCUT2D eigenvalue weighted by Gasteiger charge is 2.28. The van der Waals surface area contributed by atoms with Crippen LogP contribution in [-0.2, 0) is 19.1 Å². The summed E-state index contributed by atoms with van der Waals surface area (Å²) in [6, 6.07) is 11.9. The number of methoxy groups -OCH3 is 2. The molecule has 0 saturated heterocycles. The zero-order chi connectivity index (χ0) is 18.4. The average molecular weight is 343 g/mol. The second-order valence-electron chi connectivity index (χ2n) is 5.74.